The lowest BCUT2D eigenvalue weighted by molar-refractivity contribution is 0.588. The molecule has 0 atom stereocenters. The molecule has 2 heterocycles. The monoisotopic (exact) mass is 276 g/mol. The summed E-state index contributed by atoms with van der Waals surface area (Å²) in [7, 11) is 2.09. The molecule has 2 rings (SSSR count). The minimum atomic E-state index is 0.474. The van der Waals surface area contributed by atoms with E-state index in [1.165, 1.54) is 0 Å². The van der Waals surface area contributed by atoms with Crippen LogP contribution < -0.4 is 10.2 Å². The highest BCUT2D eigenvalue weighted by Crippen LogP contribution is 2.25. The topological polar surface area (TPSA) is 69.7 Å². The van der Waals surface area contributed by atoms with Crippen molar-refractivity contribution in [3.8, 4) is 0 Å². The summed E-state index contributed by atoms with van der Waals surface area (Å²) in [5.41, 5.74) is 0.784. The Morgan fingerprint density at radius 2 is 2.00 bits per heavy atom. The second-order valence-electron chi connectivity index (χ2n) is 5.01. The third-order valence-corrected chi connectivity index (χ3v) is 3.65. The minimum absolute atomic E-state index is 0.474. The zero-order valence-corrected chi connectivity index (χ0v) is 12.8. The Morgan fingerprint density at radius 3 is 2.65 bits per heavy atom. The van der Waals surface area contributed by atoms with Crippen LogP contribution >= 0.6 is 0 Å². The van der Waals surface area contributed by atoms with Crippen LogP contribution in [0.25, 0.3) is 11.0 Å². The fourth-order valence-corrected chi connectivity index (χ4v) is 2.41. The molecular weight excluding hydrogens is 252 g/mol. The first-order valence-corrected chi connectivity index (χ1v) is 7.39. The lowest BCUT2D eigenvalue weighted by Gasteiger charge is -2.27. The quantitative estimate of drug-likeness (QED) is 0.813. The maximum atomic E-state index is 4.67. The maximum Gasteiger partial charge on any atom is 0.226 e. The van der Waals surface area contributed by atoms with Gasteiger partial charge in [-0.05, 0) is 19.3 Å². The molecule has 2 aromatic heterocycles. The molecule has 0 aliphatic carbocycles. The summed E-state index contributed by atoms with van der Waals surface area (Å²) in [6.45, 7) is 7.40. The van der Waals surface area contributed by atoms with Gasteiger partial charge in [0.15, 0.2) is 5.65 Å². The largest absolute Gasteiger partial charge is 0.356 e. The Hall–Kier alpha value is -1.85. The Morgan fingerprint density at radius 1 is 1.25 bits per heavy atom. The number of aromatic amines is 1. The first-order chi connectivity index (χ1) is 9.71. The summed E-state index contributed by atoms with van der Waals surface area (Å²) in [6.07, 6.45) is 5.03. The molecule has 6 nitrogen and oxygen atoms in total. The average molecular weight is 276 g/mol. The standard InChI is InChI=1S/C14H24N6/c1-5-8-15-14-17-12-11(9-16-19-12)13(18-14)20(4)10(6-2)7-3/h9-10H,5-8H2,1-4H3,(H2,15,16,17,18,19). The molecular formula is C14H24N6. The number of hydrogen-bond acceptors (Lipinski definition) is 5. The van der Waals surface area contributed by atoms with Crippen molar-refractivity contribution in [3.05, 3.63) is 6.20 Å². The van der Waals surface area contributed by atoms with Crippen molar-refractivity contribution in [2.75, 3.05) is 23.8 Å². The summed E-state index contributed by atoms with van der Waals surface area (Å²) >= 11 is 0. The van der Waals surface area contributed by atoms with Crippen LogP contribution in [0.3, 0.4) is 0 Å². The SMILES string of the molecule is CCCNc1nc(N(C)C(CC)CC)c2cn[nH]c2n1. The Balaban J connectivity index is 2.41. The van der Waals surface area contributed by atoms with E-state index in [2.05, 4.69) is 58.2 Å². The van der Waals surface area contributed by atoms with Gasteiger partial charge < -0.3 is 10.2 Å². The van der Waals surface area contributed by atoms with E-state index >= 15 is 0 Å². The zero-order valence-electron chi connectivity index (χ0n) is 12.8. The van der Waals surface area contributed by atoms with E-state index in [4.69, 9.17) is 0 Å². The maximum absolute atomic E-state index is 4.67. The highest BCUT2D eigenvalue weighted by atomic mass is 15.3. The van der Waals surface area contributed by atoms with Crippen LogP contribution in [0.15, 0.2) is 6.20 Å². The first kappa shape index (κ1) is 14.6. The van der Waals surface area contributed by atoms with Crippen LogP contribution in [-0.2, 0) is 0 Å². The molecule has 0 amide bonds. The van der Waals surface area contributed by atoms with Crippen molar-refractivity contribution >= 4 is 22.8 Å². The summed E-state index contributed by atoms with van der Waals surface area (Å²) in [5.74, 6) is 1.60. The Labute approximate surface area is 120 Å². The lowest BCUT2D eigenvalue weighted by atomic mass is 10.1. The number of nitrogens with zero attached hydrogens (tertiary/aromatic N) is 4. The zero-order chi connectivity index (χ0) is 14.5. The summed E-state index contributed by atoms with van der Waals surface area (Å²) in [4.78, 5) is 11.4. The van der Waals surface area contributed by atoms with E-state index in [-0.39, 0.29) is 0 Å². The summed E-state index contributed by atoms with van der Waals surface area (Å²) in [5, 5.41) is 11.3. The van der Waals surface area contributed by atoms with Gasteiger partial charge in [0.05, 0.1) is 11.6 Å². The van der Waals surface area contributed by atoms with Gasteiger partial charge >= 0.3 is 0 Å². The molecule has 0 unspecified atom stereocenters. The molecule has 0 aliphatic heterocycles. The number of aromatic nitrogens is 4. The average Bonchev–Trinajstić information content (AvgIpc) is 2.93. The third kappa shape index (κ3) is 2.84. The number of fused-ring (bicyclic) bond motifs is 1. The number of anilines is 2. The highest BCUT2D eigenvalue weighted by Gasteiger charge is 2.18. The number of H-pyrrole nitrogens is 1. The predicted octanol–water partition coefficient (Wildman–Crippen LogP) is 2.80. The molecule has 0 fully saturated rings. The molecule has 0 aliphatic rings. The first-order valence-electron chi connectivity index (χ1n) is 7.39. The highest BCUT2D eigenvalue weighted by molar-refractivity contribution is 5.87. The van der Waals surface area contributed by atoms with Gasteiger partial charge in [-0.3, -0.25) is 5.10 Å². The second-order valence-corrected chi connectivity index (χ2v) is 5.01. The summed E-state index contributed by atoms with van der Waals surface area (Å²) < 4.78 is 0. The van der Waals surface area contributed by atoms with E-state index in [9.17, 15) is 0 Å². The van der Waals surface area contributed by atoms with Gasteiger partial charge in [0.1, 0.15) is 5.82 Å². The van der Waals surface area contributed by atoms with Gasteiger partial charge in [-0.1, -0.05) is 20.8 Å². The van der Waals surface area contributed by atoms with Gasteiger partial charge in [0.25, 0.3) is 0 Å². The lowest BCUT2D eigenvalue weighted by Crippen LogP contribution is -2.31. The van der Waals surface area contributed by atoms with E-state index in [0.29, 0.717) is 12.0 Å². The molecule has 0 saturated heterocycles. The van der Waals surface area contributed by atoms with Crippen molar-refractivity contribution in [1.82, 2.24) is 20.2 Å². The van der Waals surface area contributed by atoms with E-state index in [1.54, 1.807) is 6.20 Å². The van der Waals surface area contributed by atoms with Gasteiger partial charge in [-0.15, -0.1) is 0 Å². The molecule has 0 radical (unpaired) electrons. The number of nitrogens with one attached hydrogen (secondary N) is 2. The van der Waals surface area contributed by atoms with E-state index in [0.717, 1.165) is 42.7 Å². The molecule has 0 aromatic carbocycles. The van der Waals surface area contributed by atoms with Crippen LogP contribution in [0.1, 0.15) is 40.0 Å². The van der Waals surface area contributed by atoms with E-state index in [1.807, 2.05) is 0 Å². The van der Waals surface area contributed by atoms with Crippen LogP contribution in [0.5, 0.6) is 0 Å². The fraction of sp³-hybridized carbons (Fsp3) is 0.643. The van der Waals surface area contributed by atoms with Gasteiger partial charge in [-0.2, -0.15) is 15.1 Å². The molecule has 0 bridgehead atoms. The second kappa shape index (κ2) is 6.54. The fourth-order valence-electron chi connectivity index (χ4n) is 2.41. The molecule has 110 valence electrons. The molecule has 6 heteroatoms. The van der Waals surface area contributed by atoms with E-state index < -0.39 is 0 Å². The predicted molar refractivity (Wildman–Crippen MR) is 83.2 cm³/mol. The molecule has 20 heavy (non-hydrogen) atoms. The van der Waals surface area contributed by atoms with Crippen molar-refractivity contribution in [2.24, 2.45) is 0 Å². The molecule has 2 N–H and O–H groups in total. The van der Waals surface area contributed by atoms with Crippen molar-refractivity contribution in [1.29, 1.82) is 0 Å². The van der Waals surface area contributed by atoms with Gasteiger partial charge in [0.2, 0.25) is 5.95 Å². The van der Waals surface area contributed by atoms with Crippen molar-refractivity contribution in [2.45, 2.75) is 46.1 Å². The van der Waals surface area contributed by atoms with Crippen molar-refractivity contribution in [3.63, 3.8) is 0 Å². The number of rotatable bonds is 7. The smallest absolute Gasteiger partial charge is 0.226 e. The van der Waals surface area contributed by atoms with Gasteiger partial charge in [-0.25, -0.2) is 0 Å². The van der Waals surface area contributed by atoms with Crippen LogP contribution in [0.2, 0.25) is 0 Å². The summed E-state index contributed by atoms with van der Waals surface area (Å²) in [6, 6.07) is 0.474. The minimum Gasteiger partial charge on any atom is -0.356 e. The molecule has 0 saturated carbocycles. The van der Waals surface area contributed by atoms with Crippen LogP contribution in [0.4, 0.5) is 11.8 Å². The Bertz CT molecular complexity index is 546. The Kier molecular flexibility index (Phi) is 4.76. The van der Waals surface area contributed by atoms with Gasteiger partial charge in [0, 0.05) is 19.6 Å². The third-order valence-electron chi connectivity index (χ3n) is 3.65. The van der Waals surface area contributed by atoms with Crippen molar-refractivity contribution < 1.29 is 0 Å². The van der Waals surface area contributed by atoms with Crippen LogP contribution in [-0.4, -0.2) is 39.8 Å². The molecule has 2 aromatic rings. The normalized spacial score (nSPS) is 11.2. The molecule has 0 spiro atoms. The number of hydrogen-bond donors (Lipinski definition) is 2. The van der Waals surface area contributed by atoms with Crippen LogP contribution in [0, 0.1) is 0 Å².